The van der Waals surface area contributed by atoms with Gasteiger partial charge in [0.1, 0.15) is 5.58 Å². The Hall–Kier alpha value is -6.63. The standard InChI is InChI=1S/C45H26N4OS/c1-2-12-27(13-3-1)43-46-44(48-45(47-43)35-19-10-18-34-32-16-6-9-23-40(32)51-42(34)35)28-24-25-31-33-17-11-22-38(41(33)50-39(31)26-28)49-36-20-7-4-14-29(36)30-15-5-8-21-37(30)49/h1-26H. The van der Waals surface area contributed by atoms with Crippen LogP contribution in [0.5, 0.6) is 0 Å². The molecule has 238 valence electrons. The van der Waals surface area contributed by atoms with Crippen LogP contribution in [0, 0.1) is 0 Å². The van der Waals surface area contributed by atoms with Crippen LogP contribution in [0.1, 0.15) is 0 Å². The first-order chi connectivity index (χ1) is 25.3. The minimum absolute atomic E-state index is 0.599. The molecule has 0 spiro atoms. The van der Waals surface area contributed by atoms with Gasteiger partial charge >= 0.3 is 0 Å². The Morgan fingerprint density at radius 2 is 1.08 bits per heavy atom. The summed E-state index contributed by atoms with van der Waals surface area (Å²) in [5.74, 6) is 1.88. The van der Waals surface area contributed by atoms with E-state index in [1.807, 2.05) is 30.3 Å². The number of hydrogen-bond acceptors (Lipinski definition) is 5. The van der Waals surface area contributed by atoms with Crippen LogP contribution in [0.25, 0.3) is 104 Å². The van der Waals surface area contributed by atoms with Crippen molar-refractivity contribution in [3.8, 4) is 39.9 Å². The molecule has 0 fully saturated rings. The molecule has 0 saturated heterocycles. The van der Waals surface area contributed by atoms with Crippen LogP contribution in [0.15, 0.2) is 162 Å². The monoisotopic (exact) mass is 670 g/mol. The van der Waals surface area contributed by atoms with E-state index in [4.69, 9.17) is 19.4 Å². The summed E-state index contributed by atoms with van der Waals surface area (Å²) in [4.78, 5) is 15.3. The van der Waals surface area contributed by atoms with Crippen LogP contribution in [-0.2, 0) is 0 Å². The van der Waals surface area contributed by atoms with Gasteiger partial charge in [-0.3, -0.25) is 0 Å². The summed E-state index contributed by atoms with van der Waals surface area (Å²) in [6.45, 7) is 0. The first-order valence-corrected chi connectivity index (χ1v) is 17.8. The molecule has 0 atom stereocenters. The number of benzene rings is 7. The van der Waals surface area contributed by atoms with E-state index in [1.54, 1.807) is 11.3 Å². The number of nitrogens with zero attached hydrogens (tertiary/aromatic N) is 4. The molecule has 0 unspecified atom stereocenters. The molecule has 11 aromatic rings. The SMILES string of the molecule is c1ccc(-c2nc(-c3ccc4c(c3)oc3c(-n5c6ccccc6c6ccccc65)cccc34)nc(-c3cccc4c3sc3ccccc34)n2)cc1. The molecule has 6 heteroatoms. The maximum atomic E-state index is 6.80. The highest BCUT2D eigenvalue weighted by atomic mass is 32.1. The van der Waals surface area contributed by atoms with Crippen molar-refractivity contribution >= 4 is 75.3 Å². The van der Waals surface area contributed by atoms with E-state index in [1.165, 1.54) is 30.9 Å². The molecule has 4 heterocycles. The van der Waals surface area contributed by atoms with E-state index in [2.05, 4.69) is 132 Å². The molecule has 4 aromatic heterocycles. The highest BCUT2D eigenvalue weighted by molar-refractivity contribution is 7.26. The summed E-state index contributed by atoms with van der Waals surface area (Å²) in [5.41, 5.74) is 7.72. The van der Waals surface area contributed by atoms with E-state index in [9.17, 15) is 0 Å². The Morgan fingerprint density at radius 3 is 1.88 bits per heavy atom. The van der Waals surface area contributed by atoms with Gasteiger partial charge in [-0.25, -0.2) is 15.0 Å². The summed E-state index contributed by atoms with van der Waals surface area (Å²) in [6, 6.07) is 54.9. The third-order valence-electron chi connectivity index (χ3n) is 9.87. The normalized spacial score (nSPS) is 11.9. The van der Waals surface area contributed by atoms with Crippen molar-refractivity contribution < 1.29 is 4.42 Å². The van der Waals surface area contributed by atoms with E-state index >= 15 is 0 Å². The van der Waals surface area contributed by atoms with Crippen molar-refractivity contribution in [1.29, 1.82) is 0 Å². The minimum Gasteiger partial charge on any atom is -0.454 e. The lowest BCUT2D eigenvalue weighted by molar-refractivity contribution is 0.666. The molecule has 0 amide bonds. The quantitative estimate of drug-likeness (QED) is 0.187. The van der Waals surface area contributed by atoms with Gasteiger partial charge in [-0.1, -0.05) is 115 Å². The van der Waals surface area contributed by atoms with Crippen molar-refractivity contribution in [3.63, 3.8) is 0 Å². The van der Waals surface area contributed by atoms with Gasteiger partial charge < -0.3 is 8.98 Å². The fraction of sp³-hybridized carbons (Fsp3) is 0. The van der Waals surface area contributed by atoms with Crippen LogP contribution in [-0.4, -0.2) is 19.5 Å². The molecular formula is C45H26N4OS. The lowest BCUT2D eigenvalue weighted by atomic mass is 10.1. The number of rotatable bonds is 4. The largest absolute Gasteiger partial charge is 0.454 e. The van der Waals surface area contributed by atoms with Crippen LogP contribution in [0.2, 0.25) is 0 Å². The maximum absolute atomic E-state index is 6.80. The van der Waals surface area contributed by atoms with Gasteiger partial charge in [0.05, 0.1) is 16.7 Å². The molecule has 0 radical (unpaired) electrons. The molecule has 11 rings (SSSR count). The minimum atomic E-state index is 0.599. The average molecular weight is 671 g/mol. The fourth-order valence-corrected chi connectivity index (χ4v) is 8.76. The predicted octanol–water partition coefficient (Wildman–Crippen LogP) is 12.2. The smallest absolute Gasteiger partial charge is 0.165 e. The molecule has 51 heavy (non-hydrogen) atoms. The topological polar surface area (TPSA) is 56.7 Å². The number of fused-ring (bicyclic) bond motifs is 9. The molecule has 0 aliphatic heterocycles. The van der Waals surface area contributed by atoms with Gasteiger partial charge in [0.15, 0.2) is 23.1 Å². The molecule has 0 aliphatic carbocycles. The van der Waals surface area contributed by atoms with Crippen molar-refractivity contribution in [1.82, 2.24) is 19.5 Å². The second-order valence-electron chi connectivity index (χ2n) is 12.8. The van der Waals surface area contributed by atoms with Crippen molar-refractivity contribution in [2.75, 3.05) is 0 Å². The van der Waals surface area contributed by atoms with Gasteiger partial charge in [0.2, 0.25) is 0 Å². The number of aromatic nitrogens is 4. The average Bonchev–Trinajstić information content (AvgIpc) is 3.87. The zero-order chi connectivity index (χ0) is 33.5. The van der Waals surface area contributed by atoms with Crippen molar-refractivity contribution in [3.05, 3.63) is 158 Å². The zero-order valence-electron chi connectivity index (χ0n) is 27.1. The van der Waals surface area contributed by atoms with E-state index < -0.39 is 0 Å². The summed E-state index contributed by atoms with van der Waals surface area (Å²) < 4.78 is 11.5. The second kappa shape index (κ2) is 10.9. The highest BCUT2D eigenvalue weighted by Gasteiger charge is 2.20. The molecule has 0 bridgehead atoms. The van der Waals surface area contributed by atoms with Crippen LogP contribution >= 0.6 is 11.3 Å². The molecule has 0 aliphatic rings. The maximum Gasteiger partial charge on any atom is 0.165 e. The molecule has 5 nitrogen and oxygen atoms in total. The number of hydrogen-bond donors (Lipinski definition) is 0. The summed E-state index contributed by atoms with van der Waals surface area (Å²) in [5, 5.41) is 6.99. The molecule has 0 saturated carbocycles. The van der Waals surface area contributed by atoms with Gasteiger partial charge in [-0.15, -0.1) is 11.3 Å². The summed E-state index contributed by atoms with van der Waals surface area (Å²) in [7, 11) is 0. The Kier molecular flexibility index (Phi) is 6.05. The number of thiophene rings is 1. The van der Waals surface area contributed by atoms with Crippen LogP contribution in [0.4, 0.5) is 0 Å². The molecular weight excluding hydrogens is 645 g/mol. The third-order valence-corrected chi connectivity index (χ3v) is 11.1. The fourth-order valence-electron chi connectivity index (χ4n) is 7.55. The Morgan fingerprint density at radius 1 is 0.451 bits per heavy atom. The third kappa shape index (κ3) is 4.30. The zero-order valence-corrected chi connectivity index (χ0v) is 27.9. The molecule has 7 aromatic carbocycles. The van der Waals surface area contributed by atoms with Gasteiger partial charge in [0.25, 0.3) is 0 Å². The lowest BCUT2D eigenvalue weighted by Crippen LogP contribution is -2.00. The molecule has 0 N–H and O–H groups in total. The predicted molar refractivity (Wildman–Crippen MR) is 211 cm³/mol. The van der Waals surface area contributed by atoms with Gasteiger partial charge in [-0.2, -0.15) is 0 Å². The van der Waals surface area contributed by atoms with E-state index in [-0.39, 0.29) is 0 Å². The first kappa shape index (κ1) is 28.2. The lowest BCUT2D eigenvalue weighted by Gasteiger charge is -2.09. The Balaban J connectivity index is 1.12. The van der Waals surface area contributed by atoms with Crippen molar-refractivity contribution in [2.24, 2.45) is 0 Å². The summed E-state index contributed by atoms with van der Waals surface area (Å²) in [6.07, 6.45) is 0. The summed E-state index contributed by atoms with van der Waals surface area (Å²) >= 11 is 1.77. The van der Waals surface area contributed by atoms with Gasteiger partial charge in [-0.05, 0) is 42.5 Å². The Bertz CT molecular complexity index is 3100. The number of furan rings is 1. The number of para-hydroxylation sites is 3. The van der Waals surface area contributed by atoms with Crippen LogP contribution < -0.4 is 0 Å². The van der Waals surface area contributed by atoms with E-state index in [0.29, 0.717) is 17.5 Å². The van der Waals surface area contributed by atoms with Crippen molar-refractivity contribution in [2.45, 2.75) is 0 Å². The second-order valence-corrected chi connectivity index (χ2v) is 13.8. The van der Waals surface area contributed by atoms with Gasteiger partial charge in [0, 0.05) is 58.4 Å². The highest BCUT2D eigenvalue weighted by Crippen LogP contribution is 2.41. The Labute approximate surface area is 295 Å². The van der Waals surface area contributed by atoms with Crippen LogP contribution in [0.3, 0.4) is 0 Å². The first-order valence-electron chi connectivity index (χ1n) is 16.9. The van der Waals surface area contributed by atoms with E-state index in [0.717, 1.165) is 55.3 Å².